The van der Waals surface area contributed by atoms with E-state index in [0.717, 1.165) is 24.7 Å². The van der Waals surface area contributed by atoms with Gasteiger partial charge >= 0.3 is 5.97 Å². The predicted molar refractivity (Wildman–Crippen MR) is 81.9 cm³/mol. The Bertz CT molecular complexity index is 440. The minimum Gasteiger partial charge on any atom is -0.469 e. The van der Waals surface area contributed by atoms with Crippen molar-refractivity contribution < 1.29 is 9.53 Å². The van der Waals surface area contributed by atoms with Crippen LogP contribution in [0.25, 0.3) is 0 Å². The molecule has 2 fully saturated rings. The lowest BCUT2D eigenvalue weighted by molar-refractivity contribution is -0.140. The van der Waals surface area contributed by atoms with Gasteiger partial charge in [0.05, 0.1) is 7.11 Å². The van der Waals surface area contributed by atoms with E-state index < -0.39 is 0 Å². The number of methoxy groups -OCH3 is 1. The minimum absolute atomic E-state index is 0.0628. The van der Waals surface area contributed by atoms with Gasteiger partial charge in [-0.05, 0) is 49.0 Å². The smallest absolute Gasteiger partial charge is 0.305 e. The highest BCUT2D eigenvalue weighted by Gasteiger charge is 2.63. The molecule has 1 heterocycles. The Hall–Kier alpha value is -0.830. The van der Waals surface area contributed by atoms with E-state index in [-0.39, 0.29) is 5.97 Å². The SMILES string of the molecule is COC(=O)CCCC1(c2cccs2)C2CCCCCC21. The molecule has 3 rings (SSSR count). The van der Waals surface area contributed by atoms with Gasteiger partial charge in [0.1, 0.15) is 0 Å². The van der Waals surface area contributed by atoms with Crippen molar-refractivity contribution in [3.8, 4) is 0 Å². The van der Waals surface area contributed by atoms with Crippen molar-refractivity contribution in [1.29, 1.82) is 0 Å². The maximum Gasteiger partial charge on any atom is 0.305 e. The summed E-state index contributed by atoms with van der Waals surface area (Å²) >= 11 is 1.91. The number of esters is 1. The zero-order valence-electron chi connectivity index (χ0n) is 12.3. The largest absolute Gasteiger partial charge is 0.469 e. The Morgan fingerprint density at radius 2 is 2.10 bits per heavy atom. The lowest BCUT2D eigenvalue weighted by Crippen LogP contribution is -2.13. The second-order valence-corrected chi connectivity index (χ2v) is 7.25. The molecule has 0 radical (unpaired) electrons. The van der Waals surface area contributed by atoms with Crippen molar-refractivity contribution in [2.45, 2.75) is 56.8 Å². The maximum absolute atomic E-state index is 11.4. The third-order valence-electron chi connectivity index (χ3n) is 5.41. The van der Waals surface area contributed by atoms with Gasteiger partial charge in [-0.1, -0.05) is 25.3 Å². The molecular weight excluding hydrogens is 268 g/mol. The number of rotatable bonds is 5. The van der Waals surface area contributed by atoms with E-state index in [2.05, 4.69) is 17.5 Å². The average Bonchev–Trinajstić information content (AvgIpc) is 2.82. The molecule has 0 amide bonds. The third-order valence-corrected chi connectivity index (χ3v) is 6.47. The number of ether oxygens (including phenoxy) is 1. The molecular formula is C17H24O2S. The molecule has 2 atom stereocenters. The van der Waals surface area contributed by atoms with Crippen LogP contribution in [0.5, 0.6) is 0 Å². The van der Waals surface area contributed by atoms with Crippen LogP contribution in [0, 0.1) is 11.8 Å². The van der Waals surface area contributed by atoms with Crippen LogP contribution in [0.15, 0.2) is 17.5 Å². The van der Waals surface area contributed by atoms with Crippen LogP contribution in [0.1, 0.15) is 56.2 Å². The fraction of sp³-hybridized carbons (Fsp3) is 0.706. The molecule has 0 N–H and O–H groups in total. The van der Waals surface area contributed by atoms with Crippen LogP contribution in [0.2, 0.25) is 0 Å². The fourth-order valence-corrected chi connectivity index (χ4v) is 5.54. The van der Waals surface area contributed by atoms with E-state index in [4.69, 9.17) is 4.74 Å². The van der Waals surface area contributed by atoms with Crippen molar-refractivity contribution in [3.05, 3.63) is 22.4 Å². The highest BCUT2D eigenvalue weighted by Crippen LogP contribution is 2.68. The lowest BCUT2D eigenvalue weighted by atomic mass is 9.89. The Morgan fingerprint density at radius 3 is 2.70 bits per heavy atom. The summed E-state index contributed by atoms with van der Waals surface area (Å²) in [5.74, 6) is 1.69. The average molecular weight is 292 g/mol. The van der Waals surface area contributed by atoms with Gasteiger partial charge in [0.15, 0.2) is 0 Å². The van der Waals surface area contributed by atoms with Crippen molar-refractivity contribution in [3.63, 3.8) is 0 Å². The van der Waals surface area contributed by atoms with Gasteiger partial charge in [0.2, 0.25) is 0 Å². The van der Waals surface area contributed by atoms with Gasteiger partial charge in [-0.3, -0.25) is 4.79 Å². The summed E-state index contributed by atoms with van der Waals surface area (Å²) in [6, 6.07) is 4.50. The first-order valence-electron chi connectivity index (χ1n) is 7.90. The van der Waals surface area contributed by atoms with Gasteiger partial charge in [-0.15, -0.1) is 11.3 Å². The highest BCUT2D eigenvalue weighted by atomic mass is 32.1. The van der Waals surface area contributed by atoms with Crippen LogP contribution in [-0.2, 0) is 14.9 Å². The van der Waals surface area contributed by atoms with Gasteiger partial charge in [-0.2, -0.15) is 0 Å². The quantitative estimate of drug-likeness (QED) is 0.745. The van der Waals surface area contributed by atoms with Crippen LogP contribution in [-0.4, -0.2) is 13.1 Å². The summed E-state index contributed by atoms with van der Waals surface area (Å²) in [5.41, 5.74) is 0.405. The molecule has 1 aromatic heterocycles. The van der Waals surface area contributed by atoms with E-state index in [1.165, 1.54) is 39.2 Å². The normalized spacial score (nSPS) is 32.2. The predicted octanol–water partition coefficient (Wildman–Crippen LogP) is 4.54. The second-order valence-electron chi connectivity index (χ2n) is 6.30. The summed E-state index contributed by atoms with van der Waals surface area (Å²) < 4.78 is 4.78. The number of hydrogen-bond acceptors (Lipinski definition) is 3. The molecule has 20 heavy (non-hydrogen) atoms. The summed E-state index contributed by atoms with van der Waals surface area (Å²) in [4.78, 5) is 12.9. The second kappa shape index (κ2) is 5.88. The molecule has 2 aliphatic rings. The van der Waals surface area contributed by atoms with E-state index in [9.17, 15) is 4.79 Å². The Morgan fingerprint density at radius 1 is 1.35 bits per heavy atom. The standard InChI is InChI=1S/C17H24O2S/c1-19-16(18)10-5-11-17(15-9-6-12-20-15)13-7-3-2-4-8-14(13)17/h6,9,12-14H,2-5,7-8,10-11H2,1H3. The number of carbonyl (C=O) groups excluding carboxylic acids is 1. The molecule has 0 bridgehead atoms. The van der Waals surface area contributed by atoms with Gasteiger partial charge < -0.3 is 4.74 Å². The van der Waals surface area contributed by atoms with Crippen molar-refractivity contribution >= 4 is 17.3 Å². The van der Waals surface area contributed by atoms with Crippen LogP contribution in [0.3, 0.4) is 0 Å². The van der Waals surface area contributed by atoms with E-state index in [1.54, 1.807) is 4.88 Å². The van der Waals surface area contributed by atoms with Crippen molar-refractivity contribution in [2.75, 3.05) is 7.11 Å². The molecule has 2 aliphatic carbocycles. The molecule has 0 spiro atoms. The van der Waals surface area contributed by atoms with Crippen molar-refractivity contribution in [2.24, 2.45) is 11.8 Å². The Labute approximate surface area is 125 Å². The lowest BCUT2D eigenvalue weighted by Gasteiger charge is -2.18. The van der Waals surface area contributed by atoms with Crippen molar-refractivity contribution in [1.82, 2.24) is 0 Å². The topological polar surface area (TPSA) is 26.3 Å². The minimum atomic E-state index is -0.0628. The molecule has 0 aliphatic heterocycles. The molecule has 3 heteroatoms. The fourth-order valence-electron chi connectivity index (χ4n) is 4.46. The molecule has 2 saturated carbocycles. The Balaban J connectivity index is 1.71. The van der Waals surface area contributed by atoms with E-state index in [1.807, 2.05) is 11.3 Å². The molecule has 1 aromatic rings. The summed E-state index contributed by atoms with van der Waals surface area (Å²) in [5, 5.41) is 2.20. The van der Waals surface area contributed by atoms with Gasteiger partial charge in [0, 0.05) is 16.7 Å². The van der Waals surface area contributed by atoms with Gasteiger partial charge in [0.25, 0.3) is 0 Å². The molecule has 2 unspecified atom stereocenters. The number of carbonyl (C=O) groups is 1. The first kappa shape index (κ1) is 14.1. The Kier molecular flexibility index (Phi) is 4.16. The summed E-state index contributed by atoms with van der Waals surface area (Å²) in [6.07, 6.45) is 9.69. The third kappa shape index (κ3) is 2.41. The maximum atomic E-state index is 11.4. The molecule has 110 valence electrons. The van der Waals surface area contributed by atoms with Crippen LogP contribution < -0.4 is 0 Å². The van der Waals surface area contributed by atoms with E-state index in [0.29, 0.717) is 11.8 Å². The monoisotopic (exact) mass is 292 g/mol. The zero-order chi connectivity index (χ0) is 14.0. The molecule has 2 nitrogen and oxygen atoms in total. The number of thiophene rings is 1. The number of fused-ring (bicyclic) bond motifs is 1. The molecule has 0 saturated heterocycles. The van der Waals surface area contributed by atoms with Crippen LogP contribution >= 0.6 is 11.3 Å². The van der Waals surface area contributed by atoms with E-state index >= 15 is 0 Å². The highest BCUT2D eigenvalue weighted by molar-refractivity contribution is 7.10. The first-order chi connectivity index (χ1) is 9.79. The van der Waals surface area contributed by atoms with Crippen LogP contribution in [0.4, 0.5) is 0 Å². The molecule has 0 aromatic carbocycles. The van der Waals surface area contributed by atoms with Gasteiger partial charge in [-0.25, -0.2) is 0 Å². The number of hydrogen-bond donors (Lipinski definition) is 0. The summed E-state index contributed by atoms with van der Waals surface area (Å²) in [6.45, 7) is 0. The summed E-state index contributed by atoms with van der Waals surface area (Å²) in [7, 11) is 1.48. The first-order valence-corrected chi connectivity index (χ1v) is 8.78. The zero-order valence-corrected chi connectivity index (χ0v) is 13.1.